The van der Waals surface area contributed by atoms with Gasteiger partial charge in [-0.25, -0.2) is 0 Å². The highest BCUT2D eigenvalue weighted by Gasteiger charge is 2.22. The van der Waals surface area contributed by atoms with E-state index in [0.717, 1.165) is 49.8 Å². The zero-order chi connectivity index (χ0) is 17.6. The van der Waals surface area contributed by atoms with Gasteiger partial charge in [-0.05, 0) is 18.2 Å². The molecule has 6 nitrogen and oxygen atoms in total. The van der Waals surface area contributed by atoms with Gasteiger partial charge in [0.25, 0.3) is 0 Å². The predicted molar refractivity (Wildman–Crippen MR) is 98.9 cm³/mol. The first kappa shape index (κ1) is 18.0. The molecule has 0 bridgehead atoms. The number of anilines is 1. The highest BCUT2D eigenvalue weighted by molar-refractivity contribution is 6.30. The molecule has 2 heterocycles. The molecule has 0 radical (unpaired) electrons. The number of hydrogen-bond donors (Lipinski definition) is 0. The average Bonchev–Trinajstić information content (AvgIpc) is 2.66. The van der Waals surface area contributed by atoms with Crippen molar-refractivity contribution < 1.29 is 9.59 Å². The van der Waals surface area contributed by atoms with Crippen LogP contribution in [0.5, 0.6) is 0 Å². The van der Waals surface area contributed by atoms with E-state index in [4.69, 9.17) is 11.6 Å². The maximum absolute atomic E-state index is 12.3. The third-order valence-electron chi connectivity index (χ3n) is 5.00. The van der Waals surface area contributed by atoms with Gasteiger partial charge in [-0.3, -0.25) is 14.5 Å². The average molecular weight is 365 g/mol. The maximum atomic E-state index is 12.3. The number of halogens is 1. The molecule has 1 aromatic carbocycles. The standard InChI is InChI=1S/C18H25ClN4O2/c19-16-2-1-3-17(14-16)22-10-6-20(7-11-22)5-4-18(25)23-12-8-21(15-24)9-13-23/h1-3,14-15H,4-13H2. The van der Waals surface area contributed by atoms with Crippen LogP contribution in [-0.4, -0.2) is 85.9 Å². The minimum absolute atomic E-state index is 0.197. The molecule has 136 valence electrons. The van der Waals surface area contributed by atoms with Gasteiger partial charge in [-0.15, -0.1) is 0 Å². The van der Waals surface area contributed by atoms with Crippen molar-refractivity contribution in [2.24, 2.45) is 0 Å². The summed E-state index contributed by atoms with van der Waals surface area (Å²) < 4.78 is 0. The van der Waals surface area contributed by atoms with Gasteiger partial charge < -0.3 is 14.7 Å². The number of carbonyl (C=O) groups is 2. The Kier molecular flexibility index (Phi) is 6.15. The van der Waals surface area contributed by atoms with E-state index in [2.05, 4.69) is 15.9 Å². The van der Waals surface area contributed by atoms with E-state index in [1.165, 1.54) is 0 Å². The second-order valence-corrected chi connectivity index (χ2v) is 7.02. The Morgan fingerprint density at radius 3 is 2.40 bits per heavy atom. The molecule has 1 aromatic rings. The van der Waals surface area contributed by atoms with E-state index in [0.29, 0.717) is 32.6 Å². The van der Waals surface area contributed by atoms with Gasteiger partial charge >= 0.3 is 0 Å². The first-order valence-corrected chi connectivity index (χ1v) is 9.23. The van der Waals surface area contributed by atoms with Crippen LogP contribution in [0.4, 0.5) is 5.69 Å². The van der Waals surface area contributed by atoms with Gasteiger partial charge in [0.1, 0.15) is 0 Å². The first-order valence-electron chi connectivity index (χ1n) is 8.86. The lowest BCUT2D eigenvalue weighted by Gasteiger charge is -2.37. The lowest BCUT2D eigenvalue weighted by molar-refractivity contribution is -0.135. The number of piperazine rings is 2. The molecule has 2 aliphatic heterocycles. The van der Waals surface area contributed by atoms with Gasteiger partial charge in [0, 0.05) is 76.0 Å². The molecule has 25 heavy (non-hydrogen) atoms. The molecule has 0 spiro atoms. The monoisotopic (exact) mass is 364 g/mol. The molecule has 0 aromatic heterocycles. The van der Waals surface area contributed by atoms with Crippen molar-refractivity contribution in [1.29, 1.82) is 0 Å². The molecule has 2 aliphatic rings. The van der Waals surface area contributed by atoms with Crippen LogP contribution < -0.4 is 4.90 Å². The highest BCUT2D eigenvalue weighted by Crippen LogP contribution is 2.20. The second kappa shape index (κ2) is 8.54. The Balaban J connectivity index is 1.39. The van der Waals surface area contributed by atoms with E-state index >= 15 is 0 Å². The van der Waals surface area contributed by atoms with Crippen LogP contribution in [0.25, 0.3) is 0 Å². The van der Waals surface area contributed by atoms with E-state index in [1.807, 2.05) is 23.1 Å². The fourth-order valence-corrected chi connectivity index (χ4v) is 3.58. The van der Waals surface area contributed by atoms with Crippen molar-refractivity contribution in [3.8, 4) is 0 Å². The summed E-state index contributed by atoms with van der Waals surface area (Å²) in [5.74, 6) is 0.197. The topological polar surface area (TPSA) is 47.1 Å². The lowest BCUT2D eigenvalue weighted by Crippen LogP contribution is -2.50. The molecule has 2 saturated heterocycles. The summed E-state index contributed by atoms with van der Waals surface area (Å²) in [5.41, 5.74) is 1.16. The Bertz CT molecular complexity index is 596. The maximum Gasteiger partial charge on any atom is 0.223 e. The highest BCUT2D eigenvalue weighted by atomic mass is 35.5. The van der Waals surface area contributed by atoms with Gasteiger partial charge in [-0.2, -0.15) is 0 Å². The summed E-state index contributed by atoms with van der Waals surface area (Å²) in [4.78, 5) is 31.3. The van der Waals surface area contributed by atoms with Crippen LogP contribution in [0, 0.1) is 0 Å². The predicted octanol–water partition coefficient (Wildman–Crippen LogP) is 1.15. The van der Waals surface area contributed by atoms with E-state index in [9.17, 15) is 9.59 Å². The molecular formula is C18H25ClN4O2. The smallest absolute Gasteiger partial charge is 0.223 e. The Morgan fingerprint density at radius 2 is 1.76 bits per heavy atom. The van der Waals surface area contributed by atoms with Crippen LogP contribution in [0.2, 0.25) is 5.02 Å². The zero-order valence-electron chi connectivity index (χ0n) is 14.4. The number of amides is 2. The molecule has 0 atom stereocenters. The summed E-state index contributed by atoms with van der Waals surface area (Å²) in [5, 5.41) is 0.764. The van der Waals surface area contributed by atoms with E-state index in [-0.39, 0.29) is 5.91 Å². The second-order valence-electron chi connectivity index (χ2n) is 6.58. The number of hydrogen-bond acceptors (Lipinski definition) is 4. The molecule has 0 N–H and O–H groups in total. The molecule has 0 aliphatic carbocycles. The van der Waals surface area contributed by atoms with Gasteiger partial charge in [-0.1, -0.05) is 17.7 Å². The number of nitrogens with zero attached hydrogens (tertiary/aromatic N) is 4. The molecule has 3 rings (SSSR count). The molecule has 2 amide bonds. The Hall–Kier alpha value is -1.79. The first-order chi connectivity index (χ1) is 12.2. The van der Waals surface area contributed by atoms with Crippen LogP contribution in [0.3, 0.4) is 0 Å². The normalized spacial score (nSPS) is 19.2. The molecular weight excluding hydrogens is 340 g/mol. The summed E-state index contributed by atoms with van der Waals surface area (Å²) in [6, 6.07) is 7.96. The van der Waals surface area contributed by atoms with Crippen molar-refractivity contribution in [2.45, 2.75) is 6.42 Å². The third-order valence-corrected chi connectivity index (χ3v) is 5.24. The fraction of sp³-hybridized carbons (Fsp3) is 0.556. The Labute approximate surface area is 153 Å². The number of rotatable bonds is 5. The van der Waals surface area contributed by atoms with Crippen molar-refractivity contribution in [1.82, 2.24) is 14.7 Å². The van der Waals surface area contributed by atoms with Gasteiger partial charge in [0.2, 0.25) is 12.3 Å². The van der Waals surface area contributed by atoms with Crippen LogP contribution in [0.1, 0.15) is 6.42 Å². The van der Waals surface area contributed by atoms with Crippen molar-refractivity contribution in [3.63, 3.8) is 0 Å². The van der Waals surface area contributed by atoms with Crippen LogP contribution in [-0.2, 0) is 9.59 Å². The Morgan fingerprint density at radius 1 is 1.04 bits per heavy atom. The van der Waals surface area contributed by atoms with Gasteiger partial charge in [0.15, 0.2) is 0 Å². The molecule has 0 unspecified atom stereocenters. The number of benzene rings is 1. The van der Waals surface area contributed by atoms with E-state index in [1.54, 1.807) is 4.90 Å². The molecule has 0 saturated carbocycles. The minimum atomic E-state index is 0.197. The van der Waals surface area contributed by atoms with Gasteiger partial charge in [0.05, 0.1) is 0 Å². The third kappa shape index (κ3) is 4.86. The van der Waals surface area contributed by atoms with Crippen molar-refractivity contribution in [2.75, 3.05) is 63.8 Å². The summed E-state index contributed by atoms with van der Waals surface area (Å²) in [7, 11) is 0. The molecule has 7 heteroatoms. The van der Waals surface area contributed by atoms with Crippen LogP contribution in [0.15, 0.2) is 24.3 Å². The summed E-state index contributed by atoms with van der Waals surface area (Å²) in [6.45, 7) is 7.22. The quantitative estimate of drug-likeness (QED) is 0.735. The zero-order valence-corrected chi connectivity index (χ0v) is 15.2. The summed E-state index contributed by atoms with van der Waals surface area (Å²) in [6.07, 6.45) is 1.42. The number of carbonyl (C=O) groups excluding carboxylic acids is 2. The summed E-state index contributed by atoms with van der Waals surface area (Å²) >= 11 is 6.07. The van der Waals surface area contributed by atoms with E-state index < -0.39 is 0 Å². The fourth-order valence-electron chi connectivity index (χ4n) is 3.39. The van der Waals surface area contributed by atoms with Crippen molar-refractivity contribution >= 4 is 29.6 Å². The van der Waals surface area contributed by atoms with Crippen LogP contribution >= 0.6 is 11.6 Å². The largest absolute Gasteiger partial charge is 0.369 e. The van der Waals surface area contributed by atoms with Crippen molar-refractivity contribution in [3.05, 3.63) is 29.3 Å². The SMILES string of the molecule is O=CN1CCN(C(=O)CCN2CCN(c3cccc(Cl)c3)CC2)CC1. The minimum Gasteiger partial charge on any atom is -0.369 e. The lowest BCUT2D eigenvalue weighted by atomic mass is 10.2. The molecule has 2 fully saturated rings.